The Morgan fingerprint density at radius 3 is 2.68 bits per heavy atom. The van der Waals surface area contributed by atoms with Crippen LogP contribution >= 0.6 is 22.7 Å². The normalized spacial score (nSPS) is 12.9. The zero-order valence-corrected chi connectivity index (χ0v) is 16.3. The molecule has 6 nitrogen and oxygen atoms in total. The third-order valence-corrected chi connectivity index (χ3v) is 6.09. The lowest BCUT2D eigenvalue weighted by molar-refractivity contribution is -0.115. The van der Waals surface area contributed by atoms with Crippen LogP contribution in [0.1, 0.15) is 5.69 Å². The Morgan fingerprint density at radius 2 is 1.86 bits per heavy atom. The molecule has 140 valence electrons. The van der Waals surface area contributed by atoms with Gasteiger partial charge in [-0.2, -0.15) is 0 Å². The molecule has 28 heavy (non-hydrogen) atoms. The molecule has 5 rings (SSSR count). The van der Waals surface area contributed by atoms with Gasteiger partial charge < -0.3 is 14.8 Å². The van der Waals surface area contributed by atoms with Gasteiger partial charge in [-0.25, -0.2) is 9.97 Å². The molecule has 0 atom stereocenters. The molecule has 0 fully saturated rings. The maximum atomic E-state index is 12.4. The molecule has 1 amide bonds. The van der Waals surface area contributed by atoms with E-state index in [1.807, 2.05) is 47.8 Å². The van der Waals surface area contributed by atoms with Crippen molar-refractivity contribution < 1.29 is 14.3 Å². The van der Waals surface area contributed by atoms with Crippen LogP contribution in [0, 0.1) is 0 Å². The fraction of sp³-hybridized carbons (Fsp3) is 0.150. The molecule has 3 heterocycles. The van der Waals surface area contributed by atoms with Gasteiger partial charge in [0.05, 0.1) is 22.3 Å². The molecule has 8 heteroatoms. The molecule has 2 aromatic heterocycles. The molecule has 0 saturated heterocycles. The summed E-state index contributed by atoms with van der Waals surface area (Å²) in [4.78, 5) is 21.5. The van der Waals surface area contributed by atoms with Gasteiger partial charge in [-0.15, -0.1) is 11.3 Å². The van der Waals surface area contributed by atoms with Gasteiger partial charge in [0.1, 0.15) is 18.2 Å². The van der Waals surface area contributed by atoms with Crippen LogP contribution in [0.2, 0.25) is 0 Å². The van der Waals surface area contributed by atoms with Crippen LogP contribution < -0.4 is 14.8 Å². The van der Waals surface area contributed by atoms with Gasteiger partial charge in [0.2, 0.25) is 5.91 Å². The highest BCUT2D eigenvalue weighted by Crippen LogP contribution is 2.37. The number of ether oxygens (including phenoxy) is 2. The van der Waals surface area contributed by atoms with E-state index in [1.165, 1.54) is 22.7 Å². The van der Waals surface area contributed by atoms with Crippen molar-refractivity contribution in [2.75, 3.05) is 18.5 Å². The molecular weight excluding hydrogens is 394 g/mol. The Balaban J connectivity index is 1.30. The van der Waals surface area contributed by atoms with Crippen molar-refractivity contribution in [3.8, 4) is 22.1 Å². The number of fused-ring (bicyclic) bond motifs is 2. The lowest BCUT2D eigenvalue weighted by atomic mass is 10.2. The van der Waals surface area contributed by atoms with Gasteiger partial charge in [-0.3, -0.25) is 4.79 Å². The highest BCUT2D eigenvalue weighted by atomic mass is 32.1. The average Bonchev–Trinajstić information content (AvgIpc) is 3.32. The van der Waals surface area contributed by atoms with Gasteiger partial charge in [0, 0.05) is 23.1 Å². The summed E-state index contributed by atoms with van der Waals surface area (Å²) in [5.41, 5.74) is 2.59. The highest BCUT2D eigenvalue weighted by Gasteiger charge is 2.16. The summed E-state index contributed by atoms with van der Waals surface area (Å²) in [5.74, 6) is 1.27. The fourth-order valence-electron chi connectivity index (χ4n) is 2.95. The molecule has 1 N–H and O–H groups in total. The zero-order valence-electron chi connectivity index (χ0n) is 14.7. The Hall–Kier alpha value is -2.97. The standard InChI is InChI=1S/C20H15N3O3S2/c24-18(8-13-11-27-19(21-13)12-4-2-1-3-5-12)23-20-22-14-9-15-16(10-17(14)28-20)26-7-6-25-15/h1-5,9-11H,6-8H2,(H,22,23,24). The number of rotatable bonds is 4. The van der Waals surface area contributed by atoms with Gasteiger partial charge in [0.25, 0.3) is 0 Å². The monoisotopic (exact) mass is 409 g/mol. The number of thiazole rings is 2. The van der Waals surface area contributed by atoms with Crippen LogP contribution in [0.25, 0.3) is 20.8 Å². The van der Waals surface area contributed by atoms with Crippen molar-refractivity contribution in [1.29, 1.82) is 0 Å². The van der Waals surface area contributed by atoms with Crippen molar-refractivity contribution in [3.63, 3.8) is 0 Å². The second kappa shape index (κ2) is 7.21. The topological polar surface area (TPSA) is 73.3 Å². The van der Waals surface area contributed by atoms with E-state index in [1.54, 1.807) is 0 Å². The number of carbonyl (C=O) groups excluding carboxylic acids is 1. The van der Waals surface area contributed by atoms with E-state index in [9.17, 15) is 4.79 Å². The van der Waals surface area contributed by atoms with Crippen LogP contribution in [0.3, 0.4) is 0 Å². The largest absolute Gasteiger partial charge is 0.486 e. The highest BCUT2D eigenvalue weighted by molar-refractivity contribution is 7.22. The number of carbonyl (C=O) groups is 1. The van der Waals surface area contributed by atoms with Gasteiger partial charge in [-0.05, 0) is 0 Å². The first-order valence-electron chi connectivity index (χ1n) is 8.74. The molecule has 0 bridgehead atoms. The molecule has 2 aromatic carbocycles. The second-order valence-corrected chi connectivity index (χ2v) is 8.11. The average molecular weight is 409 g/mol. The summed E-state index contributed by atoms with van der Waals surface area (Å²) in [6, 6.07) is 13.7. The smallest absolute Gasteiger partial charge is 0.232 e. The van der Waals surface area contributed by atoms with E-state index < -0.39 is 0 Å². The van der Waals surface area contributed by atoms with Crippen LogP contribution in [-0.2, 0) is 11.2 Å². The molecule has 1 aliphatic heterocycles. The van der Waals surface area contributed by atoms with Gasteiger partial charge in [0.15, 0.2) is 16.6 Å². The lowest BCUT2D eigenvalue weighted by Gasteiger charge is -2.17. The van der Waals surface area contributed by atoms with E-state index in [0.717, 1.165) is 32.2 Å². The molecule has 0 radical (unpaired) electrons. The zero-order chi connectivity index (χ0) is 18.9. The van der Waals surface area contributed by atoms with E-state index in [4.69, 9.17) is 9.47 Å². The minimum atomic E-state index is -0.138. The third-order valence-electron chi connectivity index (χ3n) is 4.21. The van der Waals surface area contributed by atoms with E-state index >= 15 is 0 Å². The fourth-order valence-corrected chi connectivity index (χ4v) is 4.67. The Kier molecular flexibility index (Phi) is 4.42. The number of benzene rings is 2. The first kappa shape index (κ1) is 17.2. The van der Waals surface area contributed by atoms with E-state index in [0.29, 0.717) is 24.1 Å². The van der Waals surface area contributed by atoms with Crippen LogP contribution in [-0.4, -0.2) is 29.1 Å². The van der Waals surface area contributed by atoms with Crippen LogP contribution in [0.15, 0.2) is 47.8 Å². The molecule has 0 unspecified atom stereocenters. The first-order valence-corrected chi connectivity index (χ1v) is 10.4. The van der Waals surface area contributed by atoms with Gasteiger partial charge >= 0.3 is 0 Å². The van der Waals surface area contributed by atoms with Crippen molar-refractivity contribution >= 4 is 43.9 Å². The quantitative estimate of drug-likeness (QED) is 0.542. The Labute approximate surface area is 168 Å². The predicted octanol–water partition coefficient (Wildman–Crippen LogP) is 4.37. The summed E-state index contributed by atoms with van der Waals surface area (Å²) >= 11 is 2.95. The van der Waals surface area contributed by atoms with E-state index in [2.05, 4.69) is 15.3 Å². The maximum absolute atomic E-state index is 12.4. The number of hydrogen-bond donors (Lipinski definition) is 1. The number of hydrogen-bond acceptors (Lipinski definition) is 7. The minimum Gasteiger partial charge on any atom is -0.486 e. The lowest BCUT2D eigenvalue weighted by Crippen LogP contribution is -2.15. The number of nitrogens with one attached hydrogen (secondary N) is 1. The summed E-state index contributed by atoms with van der Waals surface area (Å²) in [6.45, 7) is 1.07. The number of aromatic nitrogens is 2. The Bertz CT molecular complexity index is 1110. The van der Waals surface area contributed by atoms with Crippen molar-refractivity contribution in [2.45, 2.75) is 6.42 Å². The van der Waals surface area contributed by atoms with E-state index in [-0.39, 0.29) is 12.3 Å². The molecule has 0 spiro atoms. The number of nitrogens with zero attached hydrogens (tertiary/aromatic N) is 2. The minimum absolute atomic E-state index is 0.138. The summed E-state index contributed by atoms with van der Waals surface area (Å²) in [5, 5.41) is 6.26. The second-order valence-electron chi connectivity index (χ2n) is 6.22. The summed E-state index contributed by atoms with van der Waals surface area (Å²) in [6.07, 6.45) is 0.210. The maximum Gasteiger partial charge on any atom is 0.232 e. The van der Waals surface area contributed by atoms with Crippen LogP contribution in [0.4, 0.5) is 5.13 Å². The first-order chi connectivity index (χ1) is 13.7. The SMILES string of the molecule is O=C(Cc1csc(-c2ccccc2)n1)Nc1nc2cc3c(cc2s1)OCCO3. The van der Waals surface area contributed by atoms with Crippen molar-refractivity contribution in [2.24, 2.45) is 0 Å². The Morgan fingerprint density at radius 1 is 1.07 bits per heavy atom. The molecule has 0 saturated carbocycles. The predicted molar refractivity (Wildman–Crippen MR) is 110 cm³/mol. The summed E-state index contributed by atoms with van der Waals surface area (Å²) < 4.78 is 12.1. The van der Waals surface area contributed by atoms with Crippen LogP contribution in [0.5, 0.6) is 11.5 Å². The van der Waals surface area contributed by atoms with Crippen molar-refractivity contribution in [3.05, 3.63) is 53.5 Å². The van der Waals surface area contributed by atoms with Crippen molar-refractivity contribution in [1.82, 2.24) is 9.97 Å². The number of amides is 1. The third kappa shape index (κ3) is 3.44. The molecular formula is C20H15N3O3S2. The van der Waals surface area contributed by atoms with Gasteiger partial charge in [-0.1, -0.05) is 41.7 Å². The summed E-state index contributed by atoms with van der Waals surface area (Å²) in [7, 11) is 0. The molecule has 0 aliphatic carbocycles. The molecule has 4 aromatic rings. The molecule has 1 aliphatic rings. The number of anilines is 1.